The smallest absolute Gasteiger partial charge is 0.261 e. The number of hydrogen-bond donors (Lipinski definition) is 3. The zero-order valence-electron chi connectivity index (χ0n) is 5.24. The summed E-state index contributed by atoms with van der Waals surface area (Å²) in [7, 11) is 0. The second-order valence-electron chi connectivity index (χ2n) is 1.35. The summed E-state index contributed by atoms with van der Waals surface area (Å²) in [5.41, 5.74) is 0. The van der Waals surface area contributed by atoms with Gasteiger partial charge in [0.05, 0.1) is 6.61 Å². The maximum Gasteiger partial charge on any atom is 0.261 e. The molecule has 10 heavy (non-hydrogen) atoms. The zero-order valence-corrected chi connectivity index (χ0v) is 6.06. The molecule has 6 heteroatoms. The lowest BCUT2D eigenvalue weighted by Gasteiger charge is -2.05. The Morgan fingerprint density at radius 1 is 1.80 bits per heavy atom. The Labute approximate surface area is 61.1 Å². The van der Waals surface area contributed by atoms with Crippen LogP contribution in [-0.2, 0) is 16.0 Å². The van der Waals surface area contributed by atoms with Gasteiger partial charge in [0, 0.05) is 0 Å². The minimum atomic E-state index is -2.16. The van der Waals surface area contributed by atoms with Crippen LogP contribution >= 0.6 is 0 Å². The molecule has 1 unspecified atom stereocenters. The van der Waals surface area contributed by atoms with Crippen LogP contribution in [0.1, 0.15) is 0 Å². The molecule has 0 saturated carbocycles. The first-order chi connectivity index (χ1) is 4.66. The molecule has 0 saturated heterocycles. The lowest BCUT2D eigenvalue weighted by Crippen LogP contribution is -2.17. The van der Waals surface area contributed by atoms with E-state index in [1.165, 1.54) is 0 Å². The van der Waals surface area contributed by atoms with E-state index in [4.69, 9.17) is 9.66 Å². The maximum atomic E-state index is 9.97. The second-order valence-corrected chi connectivity index (χ2v) is 2.05. The highest BCUT2D eigenvalue weighted by Gasteiger charge is 1.94. The van der Waals surface area contributed by atoms with Gasteiger partial charge >= 0.3 is 0 Å². The molecule has 0 aromatic rings. The van der Waals surface area contributed by atoms with Crippen molar-refractivity contribution in [1.82, 2.24) is 4.72 Å². The predicted octanol–water partition coefficient (Wildman–Crippen LogP) is -0.807. The van der Waals surface area contributed by atoms with Crippen LogP contribution < -0.4 is 4.72 Å². The number of ether oxygens (including phenoxy) is 1. The van der Waals surface area contributed by atoms with Crippen molar-refractivity contribution in [3.63, 3.8) is 0 Å². The van der Waals surface area contributed by atoms with Crippen molar-refractivity contribution < 1.29 is 18.6 Å². The standard InChI is InChI=1S/C4H9NO4S/c1-4(5-10(7)8)9-3-2-6/h5-6H,1-3H2,(H,7,8). The molecule has 0 aromatic carbocycles. The fourth-order valence-electron chi connectivity index (χ4n) is 0.296. The molecule has 0 rings (SSSR count). The summed E-state index contributed by atoms with van der Waals surface area (Å²) in [6.07, 6.45) is 0. The monoisotopic (exact) mass is 167 g/mol. The molecule has 0 aliphatic heterocycles. The molecule has 0 aromatic heterocycles. The van der Waals surface area contributed by atoms with Gasteiger partial charge in [-0.2, -0.15) is 0 Å². The quantitative estimate of drug-likeness (QED) is 0.370. The highest BCUT2D eigenvalue weighted by Crippen LogP contribution is 1.86. The fourth-order valence-corrected chi connectivity index (χ4v) is 0.549. The van der Waals surface area contributed by atoms with Crippen LogP contribution in [0.2, 0.25) is 0 Å². The molecule has 0 spiro atoms. The van der Waals surface area contributed by atoms with E-state index in [0.717, 1.165) is 0 Å². The van der Waals surface area contributed by atoms with E-state index < -0.39 is 11.3 Å². The van der Waals surface area contributed by atoms with E-state index in [0.29, 0.717) is 0 Å². The van der Waals surface area contributed by atoms with Crippen LogP contribution in [0.3, 0.4) is 0 Å². The number of nitrogens with one attached hydrogen (secondary N) is 1. The molecule has 1 atom stereocenters. The number of rotatable bonds is 5. The Kier molecular flexibility index (Phi) is 4.91. The Balaban J connectivity index is 3.35. The first kappa shape index (κ1) is 9.41. The summed E-state index contributed by atoms with van der Waals surface area (Å²) >= 11 is -2.16. The zero-order chi connectivity index (χ0) is 7.98. The summed E-state index contributed by atoms with van der Waals surface area (Å²) < 4.78 is 24.7. The highest BCUT2D eigenvalue weighted by atomic mass is 32.2. The number of hydrogen-bond acceptors (Lipinski definition) is 3. The lowest BCUT2D eigenvalue weighted by atomic mass is 10.8. The number of aliphatic hydroxyl groups excluding tert-OH is 1. The summed E-state index contributed by atoms with van der Waals surface area (Å²) in [6.45, 7) is 3.14. The minimum Gasteiger partial charge on any atom is -0.477 e. The third-order valence-corrected chi connectivity index (χ3v) is 0.971. The minimum absolute atomic E-state index is 0.0325. The van der Waals surface area contributed by atoms with Crippen LogP contribution in [0.5, 0.6) is 0 Å². The average Bonchev–Trinajstić information content (AvgIpc) is 1.82. The van der Waals surface area contributed by atoms with Gasteiger partial charge in [0.25, 0.3) is 11.3 Å². The van der Waals surface area contributed by atoms with Crippen LogP contribution in [-0.4, -0.2) is 27.1 Å². The van der Waals surface area contributed by atoms with E-state index in [1.54, 1.807) is 0 Å². The van der Waals surface area contributed by atoms with Gasteiger partial charge in [-0.1, -0.05) is 0 Å². The van der Waals surface area contributed by atoms with E-state index in [1.807, 2.05) is 4.72 Å². The third kappa shape index (κ3) is 5.54. The molecule has 0 fully saturated rings. The van der Waals surface area contributed by atoms with Crippen molar-refractivity contribution in [2.45, 2.75) is 0 Å². The summed E-state index contributed by atoms with van der Waals surface area (Å²) in [4.78, 5) is 0. The maximum absolute atomic E-state index is 9.97. The van der Waals surface area contributed by atoms with Crippen molar-refractivity contribution in [2.75, 3.05) is 13.2 Å². The van der Waals surface area contributed by atoms with Gasteiger partial charge in [-0.15, -0.1) is 0 Å². The van der Waals surface area contributed by atoms with Crippen LogP contribution in [0.4, 0.5) is 0 Å². The summed E-state index contributed by atoms with van der Waals surface area (Å²) in [5, 5.41) is 8.22. The third-order valence-electron chi connectivity index (χ3n) is 0.569. The van der Waals surface area contributed by atoms with Crippen molar-refractivity contribution >= 4 is 11.3 Å². The van der Waals surface area contributed by atoms with Crippen LogP contribution in [0.25, 0.3) is 0 Å². The first-order valence-electron chi connectivity index (χ1n) is 2.47. The van der Waals surface area contributed by atoms with Gasteiger partial charge in [0.2, 0.25) is 0 Å². The van der Waals surface area contributed by atoms with Gasteiger partial charge in [-0.25, -0.2) is 4.21 Å². The Morgan fingerprint density at radius 3 is 2.80 bits per heavy atom. The van der Waals surface area contributed by atoms with E-state index in [2.05, 4.69) is 11.3 Å². The van der Waals surface area contributed by atoms with Crippen molar-refractivity contribution in [1.29, 1.82) is 0 Å². The molecular weight excluding hydrogens is 158 g/mol. The summed E-state index contributed by atoms with van der Waals surface area (Å²) in [6, 6.07) is 0. The molecule has 60 valence electrons. The Morgan fingerprint density at radius 2 is 2.40 bits per heavy atom. The van der Waals surface area contributed by atoms with E-state index >= 15 is 0 Å². The van der Waals surface area contributed by atoms with Crippen LogP contribution in [0, 0.1) is 0 Å². The molecule has 0 aliphatic rings. The Hall–Kier alpha value is -0.590. The van der Waals surface area contributed by atoms with Gasteiger partial charge < -0.3 is 9.84 Å². The molecule has 0 radical (unpaired) electrons. The SMILES string of the molecule is C=C(NS(=O)O)OCCO. The first-order valence-corrected chi connectivity index (χ1v) is 3.57. The van der Waals surface area contributed by atoms with Crippen molar-refractivity contribution in [2.24, 2.45) is 0 Å². The molecule has 0 heterocycles. The van der Waals surface area contributed by atoms with Crippen LogP contribution in [0.15, 0.2) is 12.5 Å². The average molecular weight is 167 g/mol. The summed E-state index contributed by atoms with van der Waals surface area (Å²) in [5.74, 6) is -0.0325. The second kappa shape index (κ2) is 5.21. The molecule has 0 bridgehead atoms. The van der Waals surface area contributed by atoms with Crippen molar-refractivity contribution in [3.8, 4) is 0 Å². The lowest BCUT2D eigenvalue weighted by molar-refractivity contribution is 0.140. The highest BCUT2D eigenvalue weighted by molar-refractivity contribution is 7.77. The molecule has 3 N–H and O–H groups in total. The molecule has 0 aliphatic carbocycles. The van der Waals surface area contributed by atoms with E-state index in [-0.39, 0.29) is 19.1 Å². The molecule has 5 nitrogen and oxygen atoms in total. The number of aliphatic hydroxyl groups is 1. The topological polar surface area (TPSA) is 78.8 Å². The Bertz CT molecular complexity index is 137. The largest absolute Gasteiger partial charge is 0.477 e. The van der Waals surface area contributed by atoms with E-state index in [9.17, 15) is 4.21 Å². The molecular formula is C4H9NO4S. The molecule has 0 amide bonds. The predicted molar refractivity (Wildman–Crippen MR) is 36.1 cm³/mol. The fraction of sp³-hybridized carbons (Fsp3) is 0.500. The van der Waals surface area contributed by atoms with Gasteiger partial charge in [-0.3, -0.25) is 9.27 Å². The van der Waals surface area contributed by atoms with Crippen molar-refractivity contribution in [3.05, 3.63) is 12.5 Å². The van der Waals surface area contributed by atoms with Gasteiger partial charge in [0.1, 0.15) is 6.61 Å². The normalized spacial score (nSPS) is 12.2. The van der Waals surface area contributed by atoms with Gasteiger partial charge in [0.15, 0.2) is 5.88 Å². The van der Waals surface area contributed by atoms with Gasteiger partial charge in [-0.05, 0) is 6.58 Å².